The number of aromatic nitrogens is 1. The highest BCUT2D eigenvalue weighted by atomic mass is 32.1. The number of hydrogen-bond donors (Lipinski definition) is 1. The Balaban J connectivity index is 1.81. The number of rotatable bonds is 5. The third-order valence-electron chi connectivity index (χ3n) is 3.39. The summed E-state index contributed by atoms with van der Waals surface area (Å²) in [5, 5.41) is 3.33. The molecule has 2 heterocycles. The molecule has 0 spiro atoms. The molecule has 1 saturated heterocycles. The van der Waals surface area contributed by atoms with Crippen LogP contribution in [-0.2, 0) is 0 Å². The molecule has 5 heteroatoms. The summed E-state index contributed by atoms with van der Waals surface area (Å²) in [5.41, 5.74) is 6.68. The summed E-state index contributed by atoms with van der Waals surface area (Å²) in [5.74, 6) is 0. The minimum absolute atomic E-state index is 0.818. The SMILES string of the molecule is Cc1csc(N2CCCN(CCCCN)CC2)n1. The summed E-state index contributed by atoms with van der Waals surface area (Å²) in [6.45, 7) is 8.70. The summed E-state index contributed by atoms with van der Waals surface area (Å²) in [4.78, 5) is 9.58. The molecule has 0 bridgehead atoms. The van der Waals surface area contributed by atoms with Gasteiger partial charge in [-0.25, -0.2) is 4.98 Å². The molecular weight excluding hydrogens is 244 g/mol. The normalized spacial score (nSPS) is 18.0. The van der Waals surface area contributed by atoms with Crippen LogP contribution < -0.4 is 10.6 Å². The third kappa shape index (κ3) is 3.93. The highest BCUT2D eigenvalue weighted by molar-refractivity contribution is 7.13. The molecule has 1 aromatic heterocycles. The van der Waals surface area contributed by atoms with Crippen LogP contribution in [0.5, 0.6) is 0 Å². The van der Waals surface area contributed by atoms with E-state index in [1.807, 2.05) is 0 Å². The van der Waals surface area contributed by atoms with E-state index in [2.05, 4.69) is 27.1 Å². The molecule has 1 aromatic rings. The monoisotopic (exact) mass is 268 g/mol. The summed E-state index contributed by atoms with van der Waals surface area (Å²) in [6, 6.07) is 0. The predicted octanol–water partition coefficient (Wildman–Crippen LogP) is 1.70. The van der Waals surface area contributed by atoms with Gasteiger partial charge in [0.25, 0.3) is 0 Å². The van der Waals surface area contributed by atoms with Gasteiger partial charge in [-0.15, -0.1) is 11.3 Å². The van der Waals surface area contributed by atoms with Crippen LogP contribution in [0.4, 0.5) is 5.13 Å². The zero-order chi connectivity index (χ0) is 12.8. The minimum atomic E-state index is 0.818. The second-order valence-electron chi connectivity index (χ2n) is 4.95. The van der Waals surface area contributed by atoms with E-state index in [0.717, 1.165) is 38.3 Å². The number of nitrogens with two attached hydrogens (primary N) is 1. The van der Waals surface area contributed by atoms with Crippen molar-refractivity contribution in [2.45, 2.75) is 26.2 Å². The van der Waals surface area contributed by atoms with Gasteiger partial charge in [-0.3, -0.25) is 0 Å². The molecule has 0 saturated carbocycles. The van der Waals surface area contributed by atoms with Crippen LogP contribution in [0.3, 0.4) is 0 Å². The highest BCUT2D eigenvalue weighted by Gasteiger charge is 2.16. The Morgan fingerprint density at radius 2 is 2.17 bits per heavy atom. The molecule has 1 aliphatic rings. The van der Waals surface area contributed by atoms with Crippen molar-refractivity contribution < 1.29 is 0 Å². The Morgan fingerprint density at radius 1 is 1.28 bits per heavy atom. The molecule has 2 rings (SSSR count). The maximum absolute atomic E-state index is 5.54. The molecule has 0 unspecified atom stereocenters. The molecule has 2 N–H and O–H groups in total. The smallest absolute Gasteiger partial charge is 0.185 e. The van der Waals surface area contributed by atoms with E-state index in [1.165, 1.54) is 31.1 Å². The van der Waals surface area contributed by atoms with Crippen molar-refractivity contribution in [2.75, 3.05) is 44.2 Å². The Bertz CT molecular complexity index is 353. The van der Waals surface area contributed by atoms with E-state index in [4.69, 9.17) is 5.73 Å². The zero-order valence-corrected chi connectivity index (χ0v) is 12.1. The molecule has 102 valence electrons. The van der Waals surface area contributed by atoms with E-state index in [0.29, 0.717) is 0 Å². The summed E-state index contributed by atoms with van der Waals surface area (Å²) in [7, 11) is 0. The van der Waals surface area contributed by atoms with Gasteiger partial charge in [0.05, 0.1) is 5.69 Å². The van der Waals surface area contributed by atoms with Gasteiger partial charge in [-0.05, 0) is 45.8 Å². The number of thiazole rings is 1. The molecule has 0 radical (unpaired) electrons. The maximum Gasteiger partial charge on any atom is 0.185 e. The first-order chi connectivity index (χ1) is 8.79. The third-order valence-corrected chi connectivity index (χ3v) is 4.41. The zero-order valence-electron chi connectivity index (χ0n) is 11.3. The van der Waals surface area contributed by atoms with E-state index in [1.54, 1.807) is 11.3 Å². The van der Waals surface area contributed by atoms with E-state index in [-0.39, 0.29) is 0 Å². The second-order valence-corrected chi connectivity index (χ2v) is 5.79. The first-order valence-corrected chi connectivity index (χ1v) is 7.77. The Morgan fingerprint density at radius 3 is 2.89 bits per heavy atom. The Hall–Kier alpha value is -0.650. The molecule has 0 aromatic carbocycles. The average Bonchev–Trinajstić information content (AvgIpc) is 2.66. The molecule has 1 aliphatic heterocycles. The van der Waals surface area contributed by atoms with Crippen molar-refractivity contribution in [1.29, 1.82) is 0 Å². The summed E-state index contributed by atoms with van der Waals surface area (Å²) >= 11 is 1.77. The van der Waals surface area contributed by atoms with Crippen LogP contribution in [0.25, 0.3) is 0 Å². The largest absolute Gasteiger partial charge is 0.347 e. The van der Waals surface area contributed by atoms with Crippen LogP contribution in [0, 0.1) is 6.92 Å². The van der Waals surface area contributed by atoms with Gasteiger partial charge in [0.1, 0.15) is 0 Å². The lowest BCUT2D eigenvalue weighted by Gasteiger charge is -2.21. The molecule has 0 atom stereocenters. The highest BCUT2D eigenvalue weighted by Crippen LogP contribution is 2.21. The van der Waals surface area contributed by atoms with Crippen LogP contribution >= 0.6 is 11.3 Å². The fraction of sp³-hybridized carbons (Fsp3) is 0.769. The van der Waals surface area contributed by atoms with E-state index in [9.17, 15) is 0 Å². The quantitative estimate of drug-likeness (QED) is 0.826. The molecule has 4 nitrogen and oxygen atoms in total. The number of hydrogen-bond acceptors (Lipinski definition) is 5. The van der Waals surface area contributed by atoms with Crippen molar-refractivity contribution in [1.82, 2.24) is 9.88 Å². The molecule has 0 aliphatic carbocycles. The van der Waals surface area contributed by atoms with E-state index >= 15 is 0 Å². The van der Waals surface area contributed by atoms with Gasteiger partial charge >= 0.3 is 0 Å². The molecule has 0 amide bonds. The summed E-state index contributed by atoms with van der Waals surface area (Å²) in [6.07, 6.45) is 3.61. The fourth-order valence-electron chi connectivity index (χ4n) is 2.35. The average molecular weight is 268 g/mol. The minimum Gasteiger partial charge on any atom is -0.347 e. The van der Waals surface area contributed by atoms with Crippen molar-refractivity contribution >= 4 is 16.5 Å². The lowest BCUT2D eigenvalue weighted by molar-refractivity contribution is 0.288. The van der Waals surface area contributed by atoms with Crippen molar-refractivity contribution in [2.24, 2.45) is 5.73 Å². The van der Waals surface area contributed by atoms with Crippen molar-refractivity contribution in [3.63, 3.8) is 0 Å². The summed E-state index contributed by atoms with van der Waals surface area (Å²) < 4.78 is 0. The Labute approximate surface area is 114 Å². The second kappa shape index (κ2) is 7.07. The molecule has 18 heavy (non-hydrogen) atoms. The standard InChI is InChI=1S/C13H24N4S/c1-12-11-18-13(15-12)17-8-4-7-16(9-10-17)6-3-2-5-14/h11H,2-10,14H2,1H3. The molecule has 1 fully saturated rings. The van der Waals surface area contributed by atoms with Crippen LogP contribution in [0.1, 0.15) is 25.0 Å². The Kier molecular flexibility index (Phi) is 5.41. The van der Waals surface area contributed by atoms with Crippen molar-refractivity contribution in [3.8, 4) is 0 Å². The number of aryl methyl sites for hydroxylation is 1. The lowest BCUT2D eigenvalue weighted by Crippen LogP contribution is -2.31. The van der Waals surface area contributed by atoms with Gasteiger partial charge in [0, 0.05) is 25.0 Å². The number of unbranched alkanes of at least 4 members (excludes halogenated alkanes) is 1. The topological polar surface area (TPSA) is 45.4 Å². The van der Waals surface area contributed by atoms with Crippen molar-refractivity contribution in [3.05, 3.63) is 11.1 Å². The van der Waals surface area contributed by atoms with Gasteiger partial charge in [-0.1, -0.05) is 0 Å². The van der Waals surface area contributed by atoms with Crippen LogP contribution in [0.15, 0.2) is 5.38 Å². The van der Waals surface area contributed by atoms with Crippen LogP contribution in [0.2, 0.25) is 0 Å². The van der Waals surface area contributed by atoms with E-state index < -0.39 is 0 Å². The van der Waals surface area contributed by atoms with Gasteiger partial charge in [0.2, 0.25) is 0 Å². The predicted molar refractivity (Wildman–Crippen MR) is 78.4 cm³/mol. The molecular formula is C13H24N4S. The fourth-order valence-corrected chi connectivity index (χ4v) is 3.21. The number of anilines is 1. The first-order valence-electron chi connectivity index (χ1n) is 6.89. The van der Waals surface area contributed by atoms with Gasteiger partial charge in [0.15, 0.2) is 5.13 Å². The van der Waals surface area contributed by atoms with Gasteiger partial charge in [-0.2, -0.15) is 0 Å². The van der Waals surface area contributed by atoms with Gasteiger partial charge < -0.3 is 15.5 Å². The first kappa shape index (κ1) is 13.8. The lowest BCUT2D eigenvalue weighted by atomic mass is 10.3. The van der Waals surface area contributed by atoms with Crippen LogP contribution in [-0.4, -0.2) is 49.2 Å². The number of nitrogens with zero attached hydrogens (tertiary/aromatic N) is 3. The maximum atomic E-state index is 5.54.